The molecular weight excluding hydrogens is 673 g/mol. The molecule has 1 atom stereocenters. The lowest BCUT2D eigenvalue weighted by molar-refractivity contribution is -0.133. The number of methoxy groups -OCH3 is 1. The largest absolute Gasteiger partial charge is 0.492 e. The third kappa shape index (κ3) is 8.69. The van der Waals surface area contributed by atoms with E-state index in [1.807, 2.05) is 52.0 Å². The quantitative estimate of drug-likeness (QED) is 0.179. The molecule has 270 valence electrons. The van der Waals surface area contributed by atoms with Crippen molar-refractivity contribution in [3.05, 3.63) is 78.1 Å². The van der Waals surface area contributed by atoms with Crippen LogP contribution in [0.5, 0.6) is 17.2 Å². The second-order valence-corrected chi connectivity index (χ2v) is 15.2. The number of carbonyl (C=O) groups is 3. The van der Waals surface area contributed by atoms with Gasteiger partial charge >= 0.3 is 6.03 Å². The first-order valence-corrected chi connectivity index (χ1v) is 18.5. The molecular formula is C37H44N6O7S. The molecule has 0 aliphatic carbocycles. The molecule has 2 heterocycles. The first-order valence-electron chi connectivity index (χ1n) is 16.6. The lowest BCUT2D eigenvalue weighted by atomic mass is 9.86. The van der Waals surface area contributed by atoms with Gasteiger partial charge in [0.15, 0.2) is 5.75 Å². The van der Waals surface area contributed by atoms with E-state index >= 15 is 0 Å². The van der Waals surface area contributed by atoms with E-state index in [4.69, 9.17) is 9.47 Å². The minimum Gasteiger partial charge on any atom is -0.492 e. The van der Waals surface area contributed by atoms with Gasteiger partial charge in [0.05, 0.1) is 30.4 Å². The third-order valence-electron chi connectivity index (χ3n) is 8.66. The summed E-state index contributed by atoms with van der Waals surface area (Å²) in [5.74, 6) is 0.840. The smallest absolute Gasteiger partial charge is 0.323 e. The first-order chi connectivity index (χ1) is 24.1. The van der Waals surface area contributed by atoms with Gasteiger partial charge in [-0.1, -0.05) is 52.0 Å². The highest BCUT2D eigenvalue weighted by Crippen LogP contribution is 2.40. The maximum atomic E-state index is 13.4. The molecule has 1 unspecified atom stereocenters. The number of nitrogens with one attached hydrogen (secondary N) is 3. The summed E-state index contributed by atoms with van der Waals surface area (Å²) >= 11 is 0. The number of ether oxygens (including phenoxy) is 2. The highest BCUT2D eigenvalue weighted by atomic mass is 32.2. The van der Waals surface area contributed by atoms with Crippen LogP contribution < -0.4 is 24.8 Å². The molecule has 1 aromatic heterocycles. The van der Waals surface area contributed by atoms with Crippen molar-refractivity contribution in [3.63, 3.8) is 0 Å². The fourth-order valence-electron chi connectivity index (χ4n) is 6.08. The van der Waals surface area contributed by atoms with Crippen LogP contribution in [-0.4, -0.2) is 80.1 Å². The molecule has 0 radical (unpaired) electrons. The second kappa shape index (κ2) is 14.9. The summed E-state index contributed by atoms with van der Waals surface area (Å²) in [6.45, 7) is 10.8. The van der Waals surface area contributed by atoms with Gasteiger partial charge < -0.3 is 29.9 Å². The minimum atomic E-state index is -3.64. The van der Waals surface area contributed by atoms with Gasteiger partial charge in [-0.25, -0.2) is 13.2 Å². The number of fused-ring (bicyclic) bond motifs is 1. The molecule has 3 aromatic carbocycles. The number of sulfonamides is 1. The van der Waals surface area contributed by atoms with Crippen LogP contribution in [0, 0.1) is 0 Å². The van der Waals surface area contributed by atoms with Crippen molar-refractivity contribution in [2.75, 3.05) is 48.4 Å². The first kappa shape index (κ1) is 36.9. The van der Waals surface area contributed by atoms with Crippen molar-refractivity contribution in [3.8, 4) is 17.2 Å². The summed E-state index contributed by atoms with van der Waals surface area (Å²) in [4.78, 5) is 46.8. The number of pyridine rings is 1. The Morgan fingerprint density at radius 3 is 2.27 bits per heavy atom. The van der Waals surface area contributed by atoms with E-state index in [0.29, 0.717) is 47.6 Å². The Labute approximate surface area is 298 Å². The minimum absolute atomic E-state index is 0.000681. The van der Waals surface area contributed by atoms with Crippen LogP contribution in [0.3, 0.4) is 0 Å². The van der Waals surface area contributed by atoms with E-state index in [0.717, 1.165) is 18.2 Å². The van der Waals surface area contributed by atoms with Crippen molar-refractivity contribution in [1.29, 1.82) is 0 Å². The van der Waals surface area contributed by atoms with Gasteiger partial charge in [-0.15, -0.1) is 0 Å². The van der Waals surface area contributed by atoms with E-state index in [9.17, 15) is 22.8 Å². The molecule has 1 saturated heterocycles. The molecule has 4 amide bonds. The topological polar surface area (TPSA) is 159 Å². The zero-order valence-corrected chi connectivity index (χ0v) is 30.7. The number of hydrogen-bond acceptors (Lipinski definition) is 8. The van der Waals surface area contributed by atoms with Gasteiger partial charge in [-0.2, -0.15) is 0 Å². The van der Waals surface area contributed by atoms with Crippen molar-refractivity contribution < 1.29 is 32.3 Å². The molecule has 3 N–H and O–H groups in total. The number of hydrogen-bond donors (Lipinski definition) is 3. The lowest BCUT2D eigenvalue weighted by Crippen LogP contribution is -2.55. The average molecular weight is 717 g/mol. The molecule has 4 aromatic rings. The summed E-state index contributed by atoms with van der Waals surface area (Å²) in [6.07, 6.45) is 3.30. The molecule has 14 heteroatoms. The second-order valence-electron chi connectivity index (χ2n) is 13.5. The summed E-state index contributed by atoms with van der Waals surface area (Å²) in [6, 6.07) is 16.9. The van der Waals surface area contributed by atoms with Crippen molar-refractivity contribution in [2.45, 2.75) is 52.5 Å². The van der Waals surface area contributed by atoms with Gasteiger partial charge in [0, 0.05) is 55.6 Å². The van der Waals surface area contributed by atoms with Crippen LogP contribution in [0.1, 0.15) is 57.1 Å². The molecule has 1 aliphatic rings. The fourth-order valence-corrected chi connectivity index (χ4v) is 6.63. The molecule has 5 rings (SSSR count). The van der Waals surface area contributed by atoms with E-state index in [2.05, 4.69) is 20.3 Å². The molecule has 0 saturated carbocycles. The number of benzene rings is 3. The Hall–Kier alpha value is -5.37. The van der Waals surface area contributed by atoms with Gasteiger partial charge in [-0.3, -0.25) is 19.3 Å². The Bertz CT molecular complexity index is 2080. The van der Waals surface area contributed by atoms with Crippen LogP contribution in [-0.2, 0) is 20.2 Å². The van der Waals surface area contributed by atoms with E-state index < -0.39 is 16.1 Å². The number of nitrogens with zero attached hydrogens (tertiary/aromatic N) is 3. The van der Waals surface area contributed by atoms with Gasteiger partial charge in [0.1, 0.15) is 17.2 Å². The normalized spacial score (nSPS) is 14.9. The van der Waals surface area contributed by atoms with Crippen LogP contribution in [0.2, 0.25) is 0 Å². The Morgan fingerprint density at radius 1 is 0.941 bits per heavy atom. The predicted octanol–water partition coefficient (Wildman–Crippen LogP) is 6.43. The molecule has 1 aliphatic heterocycles. The Kier molecular flexibility index (Phi) is 10.7. The van der Waals surface area contributed by atoms with Crippen LogP contribution >= 0.6 is 0 Å². The monoisotopic (exact) mass is 716 g/mol. The van der Waals surface area contributed by atoms with Crippen molar-refractivity contribution >= 4 is 55.7 Å². The Morgan fingerprint density at radius 2 is 1.63 bits per heavy atom. The summed E-state index contributed by atoms with van der Waals surface area (Å²) < 4.78 is 38.6. The van der Waals surface area contributed by atoms with Gasteiger partial charge in [0.2, 0.25) is 15.9 Å². The van der Waals surface area contributed by atoms with Crippen LogP contribution in [0.4, 0.5) is 21.9 Å². The summed E-state index contributed by atoms with van der Waals surface area (Å²) in [5.41, 5.74) is 1.63. The average Bonchev–Trinajstić information content (AvgIpc) is 3.07. The van der Waals surface area contributed by atoms with Crippen LogP contribution in [0.25, 0.3) is 10.8 Å². The maximum Gasteiger partial charge on any atom is 0.323 e. The highest BCUT2D eigenvalue weighted by Gasteiger charge is 2.31. The van der Waals surface area contributed by atoms with Crippen molar-refractivity contribution in [1.82, 2.24) is 14.8 Å². The number of piperazine rings is 1. The number of urea groups is 1. The number of anilines is 3. The number of rotatable bonds is 9. The highest BCUT2D eigenvalue weighted by molar-refractivity contribution is 7.92. The third-order valence-corrected chi connectivity index (χ3v) is 9.25. The fraction of sp³-hybridized carbons (Fsp3) is 0.351. The molecule has 13 nitrogen and oxygen atoms in total. The molecule has 0 spiro atoms. The van der Waals surface area contributed by atoms with Gasteiger partial charge in [0.25, 0.3) is 5.91 Å². The SMILES string of the molecule is CCC1CN(C(=O)c2cc(Oc3ccc(NC(=O)Nc4cc(C(C)(C)C)cc(NS(C)(=O)=O)c4OC)c4ccccc34)ccn2)CCN1C(C)=O. The zero-order chi connectivity index (χ0) is 37.1. The van der Waals surface area contributed by atoms with Gasteiger partial charge in [-0.05, 0) is 47.7 Å². The summed E-state index contributed by atoms with van der Waals surface area (Å²) in [7, 11) is -2.24. The Balaban J connectivity index is 1.37. The standard InChI is InChI=1S/C37H44N6O7S/c1-8-25-22-42(17-18-43(25)23(2)44)35(45)32-21-26(15-16-38-32)50-33-14-13-29(27-11-9-10-12-28(27)33)39-36(46)40-30-19-24(37(3,4)5)20-31(34(30)49-6)41-51(7,47)48/h9-16,19-21,25,41H,8,17-18,22H2,1-7H3,(H2,39,40,46). The van der Waals surface area contributed by atoms with Crippen molar-refractivity contribution in [2.24, 2.45) is 0 Å². The van der Waals surface area contributed by atoms with E-state index in [1.54, 1.807) is 53.1 Å². The molecule has 0 bridgehead atoms. The molecule has 51 heavy (non-hydrogen) atoms. The molecule has 1 fully saturated rings. The zero-order valence-electron chi connectivity index (χ0n) is 29.9. The lowest BCUT2D eigenvalue weighted by Gasteiger charge is -2.40. The summed E-state index contributed by atoms with van der Waals surface area (Å²) in [5, 5.41) is 7.12. The number of aromatic nitrogens is 1. The van der Waals surface area contributed by atoms with Crippen LogP contribution in [0.15, 0.2) is 66.9 Å². The number of carbonyl (C=O) groups excluding carboxylic acids is 3. The number of amides is 4. The van der Waals surface area contributed by atoms with E-state index in [1.165, 1.54) is 13.3 Å². The predicted molar refractivity (Wildman–Crippen MR) is 198 cm³/mol. The van der Waals surface area contributed by atoms with E-state index in [-0.39, 0.29) is 46.1 Å². The maximum absolute atomic E-state index is 13.4.